The van der Waals surface area contributed by atoms with Crippen LogP contribution in [0.15, 0.2) is 79.9 Å². The van der Waals surface area contributed by atoms with Crippen molar-refractivity contribution in [3.8, 4) is 11.1 Å². The maximum Gasteiger partial charge on any atom is 0.105 e. The quantitative estimate of drug-likeness (QED) is 0.638. The second-order valence-electron chi connectivity index (χ2n) is 5.58. The van der Waals surface area contributed by atoms with Crippen molar-refractivity contribution >= 4 is 17.3 Å². The fraction of sp³-hybridized carbons (Fsp3) is 0.150. The first-order valence-corrected chi connectivity index (χ1v) is 8.86. The number of aromatic nitrogens is 2. The zero-order valence-corrected chi connectivity index (χ0v) is 14.2. The number of benzene rings is 2. The molecule has 1 atom stereocenters. The van der Waals surface area contributed by atoms with Gasteiger partial charge in [0, 0.05) is 18.8 Å². The second kappa shape index (κ2) is 7.99. The van der Waals surface area contributed by atoms with E-state index in [2.05, 4.69) is 48.0 Å². The Labute approximate surface area is 146 Å². The number of nitrogens with zero attached hydrogens (tertiary/aromatic N) is 2. The Morgan fingerprint density at radius 3 is 2.46 bits per heavy atom. The first-order valence-electron chi connectivity index (χ1n) is 7.81. The lowest BCUT2D eigenvalue weighted by molar-refractivity contribution is 0.269. The third-order valence-electron chi connectivity index (χ3n) is 3.80. The van der Waals surface area contributed by atoms with Crippen LogP contribution in [0, 0.1) is 0 Å². The van der Waals surface area contributed by atoms with Gasteiger partial charge in [0.15, 0.2) is 0 Å². The molecular formula is C20H20N2OS. The van der Waals surface area contributed by atoms with E-state index >= 15 is 0 Å². The maximum absolute atomic E-state index is 10.2. The molecule has 0 fully saturated rings. The van der Waals surface area contributed by atoms with Crippen LogP contribution in [0.25, 0.3) is 16.7 Å². The predicted molar refractivity (Wildman–Crippen MR) is 101 cm³/mol. The van der Waals surface area contributed by atoms with Crippen LogP contribution in [-0.2, 0) is 5.88 Å². The van der Waals surface area contributed by atoms with Crippen LogP contribution in [0.3, 0.4) is 0 Å². The van der Waals surface area contributed by atoms with Crippen molar-refractivity contribution in [1.29, 1.82) is 0 Å². The van der Waals surface area contributed by atoms with E-state index in [4.69, 9.17) is 0 Å². The summed E-state index contributed by atoms with van der Waals surface area (Å²) in [6, 6.07) is 18.6. The van der Waals surface area contributed by atoms with E-state index < -0.39 is 5.44 Å². The molecule has 0 aliphatic rings. The normalized spacial score (nSPS) is 12.0. The minimum absolute atomic E-state index is 0.478. The van der Waals surface area contributed by atoms with Crippen LogP contribution < -0.4 is 0 Å². The lowest BCUT2D eigenvalue weighted by atomic mass is 10.00. The summed E-state index contributed by atoms with van der Waals surface area (Å²) in [6.45, 7) is 4.12. The van der Waals surface area contributed by atoms with Crippen LogP contribution in [0.4, 0.5) is 0 Å². The average Bonchev–Trinajstić information content (AvgIpc) is 3.14. The van der Waals surface area contributed by atoms with Gasteiger partial charge >= 0.3 is 0 Å². The molecule has 3 nitrogen and oxygen atoms in total. The Kier molecular flexibility index (Phi) is 5.51. The van der Waals surface area contributed by atoms with Crippen molar-refractivity contribution in [2.24, 2.45) is 0 Å². The van der Waals surface area contributed by atoms with Crippen LogP contribution in [0.5, 0.6) is 0 Å². The molecule has 122 valence electrons. The number of thioether (sulfide) groups is 1. The van der Waals surface area contributed by atoms with E-state index in [1.807, 2.05) is 29.0 Å². The van der Waals surface area contributed by atoms with Gasteiger partial charge in [-0.05, 0) is 22.3 Å². The molecule has 1 N–H and O–H groups in total. The summed E-state index contributed by atoms with van der Waals surface area (Å²) >= 11 is 1.47. The molecule has 1 aromatic heterocycles. The number of hydrogen-bond donors (Lipinski definition) is 1. The average molecular weight is 336 g/mol. The van der Waals surface area contributed by atoms with Gasteiger partial charge in [-0.3, -0.25) is 0 Å². The number of aliphatic hydroxyl groups excluding tert-OH is 1. The highest BCUT2D eigenvalue weighted by molar-refractivity contribution is 7.98. The van der Waals surface area contributed by atoms with Crippen LogP contribution in [-0.4, -0.2) is 20.1 Å². The number of aliphatic hydroxyl groups is 1. The predicted octanol–water partition coefficient (Wildman–Crippen LogP) is 4.66. The second-order valence-corrected chi connectivity index (χ2v) is 6.71. The van der Waals surface area contributed by atoms with E-state index in [-0.39, 0.29) is 0 Å². The first kappa shape index (κ1) is 16.6. The summed E-state index contributed by atoms with van der Waals surface area (Å²) in [5.41, 5.74) is 3.92. The molecule has 0 aliphatic carbocycles. The maximum atomic E-state index is 10.2. The molecule has 3 aromatic rings. The SMILES string of the molecule is C=C(CC(O)SCn1ccnc1)c1ccc(-c2ccccc2)cc1. The van der Waals surface area contributed by atoms with Crippen molar-refractivity contribution in [3.05, 3.63) is 85.5 Å². The van der Waals surface area contributed by atoms with Crippen LogP contribution in [0.2, 0.25) is 0 Å². The minimum Gasteiger partial charge on any atom is -0.382 e. The van der Waals surface area contributed by atoms with Crippen LogP contribution in [0.1, 0.15) is 12.0 Å². The van der Waals surface area contributed by atoms with Gasteiger partial charge in [0.05, 0.1) is 12.2 Å². The third-order valence-corrected chi connectivity index (χ3v) is 4.80. The molecule has 0 spiro atoms. The molecule has 0 radical (unpaired) electrons. The Morgan fingerprint density at radius 2 is 1.79 bits per heavy atom. The standard InChI is InChI=1S/C20H20N2OS/c1-16(13-20(23)24-15-22-12-11-21-14-22)17-7-9-19(10-8-17)18-5-3-2-4-6-18/h2-12,14,20,23H,1,13,15H2. The van der Waals surface area contributed by atoms with Crippen molar-refractivity contribution in [2.45, 2.75) is 17.7 Å². The molecule has 3 rings (SSSR count). The molecule has 0 aliphatic heterocycles. The highest BCUT2D eigenvalue weighted by atomic mass is 32.2. The van der Waals surface area contributed by atoms with Gasteiger partial charge in [-0.25, -0.2) is 4.98 Å². The molecule has 2 aromatic carbocycles. The molecule has 1 unspecified atom stereocenters. The Balaban J connectivity index is 1.56. The van der Waals surface area contributed by atoms with Gasteiger partial charge in [0.2, 0.25) is 0 Å². The highest BCUT2D eigenvalue weighted by Crippen LogP contribution is 2.26. The van der Waals surface area contributed by atoms with Gasteiger partial charge in [-0.2, -0.15) is 0 Å². The minimum atomic E-state index is -0.478. The summed E-state index contributed by atoms with van der Waals surface area (Å²) in [4.78, 5) is 3.99. The van der Waals surface area contributed by atoms with Gasteiger partial charge in [-0.1, -0.05) is 61.2 Å². The summed E-state index contributed by atoms with van der Waals surface area (Å²) in [5, 5.41) is 10.2. The molecule has 0 saturated heterocycles. The lowest BCUT2D eigenvalue weighted by Crippen LogP contribution is -2.04. The number of rotatable bonds is 7. The largest absolute Gasteiger partial charge is 0.382 e. The topological polar surface area (TPSA) is 38.0 Å². The van der Waals surface area contributed by atoms with Gasteiger partial charge in [-0.15, -0.1) is 11.8 Å². The van der Waals surface area contributed by atoms with E-state index in [0.29, 0.717) is 12.3 Å². The molecular weight excluding hydrogens is 316 g/mol. The van der Waals surface area contributed by atoms with E-state index in [0.717, 1.165) is 11.1 Å². The summed E-state index contributed by atoms with van der Waals surface area (Å²) < 4.78 is 1.94. The lowest BCUT2D eigenvalue weighted by Gasteiger charge is -2.13. The summed E-state index contributed by atoms with van der Waals surface area (Å²) in [7, 11) is 0. The Morgan fingerprint density at radius 1 is 1.08 bits per heavy atom. The fourth-order valence-electron chi connectivity index (χ4n) is 2.45. The molecule has 4 heteroatoms. The summed E-state index contributed by atoms with van der Waals surface area (Å²) in [6.07, 6.45) is 5.91. The van der Waals surface area contributed by atoms with Crippen molar-refractivity contribution < 1.29 is 5.11 Å². The van der Waals surface area contributed by atoms with Crippen LogP contribution >= 0.6 is 11.8 Å². The van der Waals surface area contributed by atoms with Crippen molar-refractivity contribution in [2.75, 3.05) is 0 Å². The van der Waals surface area contributed by atoms with E-state index in [1.54, 1.807) is 12.5 Å². The smallest absolute Gasteiger partial charge is 0.105 e. The van der Waals surface area contributed by atoms with Gasteiger partial charge in [0.1, 0.15) is 5.44 Å². The third kappa shape index (κ3) is 4.37. The zero-order chi connectivity index (χ0) is 16.8. The van der Waals surface area contributed by atoms with Crippen molar-refractivity contribution in [1.82, 2.24) is 9.55 Å². The number of imidazole rings is 1. The van der Waals surface area contributed by atoms with E-state index in [9.17, 15) is 5.11 Å². The molecule has 1 heterocycles. The fourth-order valence-corrected chi connectivity index (χ4v) is 3.27. The van der Waals surface area contributed by atoms with Gasteiger partial charge in [0.25, 0.3) is 0 Å². The zero-order valence-electron chi connectivity index (χ0n) is 13.4. The molecule has 0 amide bonds. The molecule has 24 heavy (non-hydrogen) atoms. The summed E-state index contributed by atoms with van der Waals surface area (Å²) in [5.74, 6) is 0.682. The first-order chi connectivity index (χ1) is 11.7. The van der Waals surface area contributed by atoms with Gasteiger partial charge < -0.3 is 9.67 Å². The number of hydrogen-bond acceptors (Lipinski definition) is 3. The Bertz CT molecular complexity index is 767. The van der Waals surface area contributed by atoms with Crippen molar-refractivity contribution in [3.63, 3.8) is 0 Å². The Hall–Kier alpha value is -2.30. The monoisotopic (exact) mass is 336 g/mol. The highest BCUT2D eigenvalue weighted by Gasteiger charge is 2.09. The molecule has 0 saturated carbocycles. The molecule has 0 bridgehead atoms. The van der Waals surface area contributed by atoms with E-state index in [1.165, 1.54) is 22.9 Å².